The molecule has 0 bridgehead atoms. The summed E-state index contributed by atoms with van der Waals surface area (Å²) in [5.74, 6) is -1.45. The molecule has 1 aliphatic heterocycles. The predicted octanol–water partition coefficient (Wildman–Crippen LogP) is 4.21. The van der Waals surface area contributed by atoms with E-state index in [9.17, 15) is 35.5 Å². The summed E-state index contributed by atoms with van der Waals surface area (Å²) < 4.78 is 65.2. The molecule has 2 aromatic rings. The number of benzene rings is 2. The highest BCUT2D eigenvalue weighted by atomic mass is 79.9. The van der Waals surface area contributed by atoms with E-state index in [2.05, 4.69) is 43.2 Å². The number of nitrogens with zero attached hydrogens (tertiary/aromatic N) is 4. The second-order valence-electron chi connectivity index (χ2n) is 7.24. The van der Waals surface area contributed by atoms with Crippen molar-refractivity contribution in [3.63, 3.8) is 0 Å². The third-order valence-corrected chi connectivity index (χ3v) is 7.51. The second-order valence-corrected chi connectivity index (χ2v) is 11.8. The number of amides is 2. The van der Waals surface area contributed by atoms with Crippen LogP contribution in [0.3, 0.4) is 0 Å². The second kappa shape index (κ2) is 10.6. The standard InChI is InChI=1S/C19H14BrCl2N5O8S2/c1-8(20)18(28)23-10-3-4-15(36(30,31)32)13(5-10)24-25-17-9(2)26-27(19(17)29)14-6-12(22)16(7-11(14)21)37(33,34)35/h3-7,17H,1H2,2H3,(H,23,28)(H,30,31,32)(H,33,34,35). The SMILES string of the molecule is C=C(Br)C(=O)Nc1ccc(S(=O)(=O)O)c(N=NC2C(=O)N(c3cc(Cl)c(S(=O)(=O)O)cc3Cl)N=C2C)c1. The van der Waals surface area contributed by atoms with Gasteiger partial charge >= 0.3 is 0 Å². The molecule has 0 aromatic heterocycles. The van der Waals surface area contributed by atoms with Crippen LogP contribution in [-0.2, 0) is 29.8 Å². The van der Waals surface area contributed by atoms with Crippen LogP contribution in [0.5, 0.6) is 0 Å². The Hall–Kier alpha value is -2.73. The highest BCUT2D eigenvalue weighted by Crippen LogP contribution is 2.37. The summed E-state index contributed by atoms with van der Waals surface area (Å²) in [5, 5.41) is 14.1. The maximum Gasteiger partial charge on any atom is 0.296 e. The Bertz CT molecular complexity index is 1630. The van der Waals surface area contributed by atoms with E-state index >= 15 is 0 Å². The zero-order valence-corrected chi connectivity index (χ0v) is 23.0. The normalized spacial score (nSPS) is 16.3. The molecule has 3 rings (SSSR count). The quantitative estimate of drug-likeness (QED) is 0.224. The molecule has 0 saturated heterocycles. The van der Waals surface area contributed by atoms with Crippen LogP contribution in [0.4, 0.5) is 17.1 Å². The minimum Gasteiger partial charge on any atom is -0.321 e. The summed E-state index contributed by atoms with van der Waals surface area (Å²) in [5.41, 5.74) is -0.358. The summed E-state index contributed by atoms with van der Waals surface area (Å²) in [6, 6.07) is 3.72. The van der Waals surface area contributed by atoms with Crippen LogP contribution in [0.1, 0.15) is 6.92 Å². The predicted molar refractivity (Wildman–Crippen MR) is 138 cm³/mol. The van der Waals surface area contributed by atoms with E-state index in [4.69, 9.17) is 23.2 Å². The van der Waals surface area contributed by atoms with Crippen LogP contribution in [0, 0.1) is 0 Å². The highest BCUT2D eigenvalue weighted by Gasteiger charge is 2.36. The van der Waals surface area contributed by atoms with E-state index in [-0.39, 0.29) is 26.6 Å². The number of hydrogen-bond acceptors (Lipinski definition) is 9. The fraction of sp³-hybridized carbons (Fsp3) is 0.105. The monoisotopic (exact) mass is 653 g/mol. The Morgan fingerprint density at radius 3 is 2.30 bits per heavy atom. The van der Waals surface area contributed by atoms with Gasteiger partial charge < -0.3 is 5.32 Å². The van der Waals surface area contributed by atoms with Crippen molar-refractivity contribution < 1.29 is 35.5 Å². The fourth-order valence-corrected chi connectivity index (χ4v) is 4.98. The lowest BCUT2D eigenvalue weighted by Crippen LogP contribution is -2.30. The van der Waals surface area contributed by atoms with Gasteiger partial charge in [-0.15, -0.1) is 0 Å². The molecule has 37 heavy (non-hydrogen) atoms. The molecule has 1 atom stereocenters. The zero-order valence-electron chi connectivity index (χ0n) is 18.3. The van der Waals surface area contributed by atoms with Crippen molar-refractivity contribution in [1.29, 1.82) is 0 Å². The molecule has 0 radical (unpaired) electrons. The molecule has 2 amide bonds. The van der Waals surface area contributed by atoms with Crippen LogP contribution < -0.4 is 10.3 Å². The first-order valence-electron chi connectivity index (χ1n) is 9.54. The topological polar surface area (TPSA) is 195 Å². The number of rotatable bonds is 7. The van der Waals surface area contributed by atoms with Crippen molar-refractivity contribution >= 4 is 94.0 Å². The van der Waals surface area contributed by atoms with Crippen molar-refractivity contribution in [3.8, 4) is 0 Å². The van der Waals surface area contributed by atoms with E-state index in [0.29, 0.717) is 0 Å². The summed E-state index contributed by atoms with van der Waals surface area (Å²) in [6.45, 7) is 4.82. The Morgan fingerprint density at radius 1 is 1.11 bits per heavy atom. The van der Waals surface area contributed by atoms with Gasteiger partial charge in [-0.2, -0.15) is 37.2 Å². The number of carbonyl (C=O) groups excluding carboxylic acids is 2. The summed E-state index contributed by atoms with van der Waals surface area (Å²) >= 11 is 14.9. The Labute approximate surface area is 228 Å². The zero-order chi connectivity index (χ0) is 27.9. The largest absolute Gasteiger partial charge is 0.321 e. The first kappa shape index (κ1) is 28.8. The molecule has 0 aliphatic carbocycles. The Balaban J connectivity index is 1.98. The number of azo groups is 1. The maximum absolute atomic E-state index is 13.0. The molecule has 1 aliphatic rings. The molecule has 0 spiro atoms. The van der Waals surface area contributed by atoms with E-state index in [1.165, 1.54) is 13.0 Å². The molecule has 196 valence electrons. The van der Waals surface area contributed by atoms with Gasteiger partial charge in [0.15, 0.2) is 6.04 Å². The maximum atomic E-state index is 13.0. The first-order chi connectivity index (χ1) is 17.0. The third kappa shape index (κ3) is 6.40. The van der Waals surface area contributed by atoms with Gasteiger partial charge in [-0.3, -0.25) is 18.7 Å². The molecule has 1 unspecified atom stereocenters. The van der Waals surface area contributed by atoms with Crippen molar-refractivity contribution in [2.75, 3.05) is 10.3 Å². The van der Waals surface area contributed by atoms with Crippen molar-refractivity contribution in [2.24, 2.45) is 15.3 Å². The number of carbonyl (C=O) groups is 2. The lowest BCUT2D eigenvalue weighted by molar-refractivity contribution is -0.118. The molecule has 0 fully saturated rings. The van der Waals surface area contributed by atoms with E-state index in [0.717, 1.165) is 29.3 Å². The molecular weight excluding hydrogens is 641 g/mol. The van der Waals surface area contributed by atoms with Gasteiger partial charge in [0.1, 0.15) is 15.5 Å². The number of hydrazone groups is 1. The molecule has 0 saturated carbocycles. The average molecular weight is 655 g/mol. The van der Waals surface area contributed by atoms with Gasteiger partial charge in [0.05, 0.1) is 25.9 Å². The molecule has 3 N–H and O–H groups in total. The van der Waals surface area contributed by atoms with Gasteiger partial charge in [0.25, 0.3) is 32.1 Å². The summed E-state index contributed by atoms with van der Waals surface area (Å²) in [6.07, 6.45) is 0. The number of hydrogen-bond donors (Lipinski definition) is 3. The van der Waals surface area contributed by atoms with Crippen molar-refractivity contribution in [1.82, 2.24) is 0 Å². The summed E-state index contributed by atoms with van der Waals surface area (Å²) in [4.78, 5) is 23.5. The minimum atomic E-state index is -4.77. The number of anilines is 2. The van der Waals surface area contributed by atoms with Crippen LogP contribution in [0.25, 0.3) is 0 Å². The Kier molecular flexibility index (Phi) is 8.23. The van der Waals surface area contributed by atoms with Gasteiger partial charge in [-0.1, -0.05) is 29.8 Å². The number of nitrogens with one attached hydrogen (secondary N) is 1. The highest BCUT2D eigenvalue weighted by molar-refractivity contribution is 9.12. The molecular formula is C19H14BrCl2N5O8S2. The fourth-order valence-electron chi connectivity index (χ4n) is 2.95. The van der Waals surface area contributed by atoms with Crippen LogP contribution in [0.15, 0.2) is 66.5 Å². The van der Waals surface area contributed by atoms with Crippen molar-refractivity contribution in [3.05, 3.63) is 51.4 Å². The molecule has 18 heteroatoms. The van der Waals surface area contributed by atoms with Crippen molar-refractivity contribution in [2.45, 2.75) is 22.8 Å². The number of halogens is 3. The summed E-state index contributed by atoms with van der Waals surface area (Å²) in [7, 11) is -9.46. The molecule has 1 heterocycles. The smallest absolute Gasteiger partial charge is 0.296 e. The van der Waals surface area contributed by atoms with E-state index in [1.54, 1.807) is 0 Å². The minimum absolute atomic E-state index is 0.0126. The first-order valence-corrected chi connectivity index (χ1v) is 14.0. The Morgan fingerprint density at radius 2 is 1.73 bits per heavy atom. The van der Waals surface area contributed by atoms with Gasteiger partial charge in [0.2, 0.25) is 0 Å². The van der Waals surface area contributed by atoms with Gasteiger partial charge in [0, 0.05) is 5.69 Å². The van der Waals surface area contributed by atoms with Gasteiger partial charge in [-0.25, -0.2) is 0 Å². The van der Waals surface area contributed by atoms with Crippen LogP contribution in [0.2, 0.25) is 10.0 Å². The molecule has 2 aromatic carbocycles. The van der Waals surface area contributed by atoms with Crippen LogP contribution >= 0.6 is 39.1 Å². The average Bonchev–Trinajstić information content (AvgIpc) is 3.05. The van der Waals surface area contributed by atoms with E-state index < -0.39 is 58.6 Å². The molecule has 13 nitrogen and oxygen atoms in total. The van der Waals surface area contributed by atoms with E-state index in [1.807, 2.05) is 0 Å². The van der Waals surface area contributed by atoms with Gasteiger partial charge in [-0.05, 0) is 53.2 Å². The lowest BCUT2D eigenvalue weighted by Gasteiger charge is -2.15. The van der Waals surface area contributed by atoms with Crippen LogP contribution in [-0.4, -0.2) is 49.5 Å². The lowest BCUT2D eigenvalue weighted by atomic mass is 10.2. The third-order valence-electron chi connectivity index (χ3n) is 4.63.